The van der Waals surface area contributed by atoms with Gasteiger partial charge in [-0.05, 0) is 17.7 Å². The molecule has 0 spiro atoms. The van der Waals surface area contributed by atoms with Crippen LogP contribution in [0.4, 0.5) is 0 Å². The minimum atomic E-state index is 0.779. The fraction of sp³-hybridized carbons (Fsp3) is 0.0714. The third-order valence-corrected chi connectivity index (χ3v) is 2.63. The van der Waals surface area contributed by atoms with Crippen LogP contribution < -0.4 is 0 Å². The van der Waals surface area contributed by atoms with Crippen LogP contribution in [0.2, 0.25) is 0 Å². The molecule has 0 aliphatic rings. The van der Waals surface area contributed by atoms with Gasteiger partial charge in [0.2, 0.25) is 0 Å². The van der Waals surface area contributed by atoms with E-state index in [4.69, 9.17) is 4.42 Å². The summed E-state index contributed by atoms with van der Waals surface area (Å²) in [5, 5.41) is 4.32. The fourth-order valence-electron chi connectivity index (χ4n) is 1.79. The highest BCUT2D eigenvalue weighted by Gasteiger charge is 2.04. The first kappa shape index (κ1) is 9.90. The summed E-state index contributed by atoms with van der Waals surface area (Å²) in [5.41, 5.74) is 2.24. The molecule has 17 heavy (non-hydrogen) atoms. The SMILES string of the molecule is c1ccc(Cn2cc(-c3ccco3)cn2)cc1. The molecule has 0 unspecified atom stereocenters. The maximum atomic E-state index is 5.33. The van der Waals surface area contributed by atoms with Gasteiger partial charge >= 0.3 is 0 Å². The molecular weight excluding hydrogens is 212 g/mol. The Morgan fingerprint density at radius 2 is 1.94 bits per heavy atom. The normalized spacial score (nSPS) is 10.6. The average Bonchev–Trinajstić information content (AvgIpc) is 3.00. The summed E-state index contributed by atoms with van der Waals surface area (Å²) in [6.07, 6.45) is 5.48. The third-order valence-electron chi connectivity index (χ3n) is 2.63. The minimum absolute atomic E-state index is 0.779. The molecule has 0 saturated carbocycles. The van der Waals surface area contributed by atoms with E-state index in [1.807, 2.05) is 47.4 Å². The molecule has 3 nitrogen and oxygen atoms in total. The summed E-state index contributed by atoms with van der Waals surface area (Å²) in [5.74, 6) is 0.851. The maximum Gasteiger partial charge on any atom is 0.137 e. The minimum Gasteiger partial charge on any atom is -0.464 e. The molecule has 1 aromatic carbocycles. The molecule has 0 aliphatic heterocycles. The highest BCUT2D eigenvalue weighted by Crippen LogP contribution is 2.18. The number of aromatic nitrogens is 2. The Labute approximate surface area is 99.3 Å². The van der Waals surface area contributed by atoms with E-state index in [1.54, 1.807) is 6.26 Å². The van der Waals surface area contributed by atoms with E-state index >= 15 is 0 Å². The van der Waals surface area contributed by atoms with Gasteiger partial charge in [-0.3, -0.25) is 4.68 Å². The summed E-state index contributed by atoms with van der Waals surface area (Å²) < 4.78 is 7.24. The first-order chi connectivity index (χ1) is 8.42. The van der Waals surface area contributed by atoms with Gasteiger partial charge in [-0.1, -0.05) is 30.3 Å². The quantitative estimate of drug-likeness (QED) is 0.684. The maximum absolute atomic E-state index is 5.33. The monoisotopic (exact) mass is 224 g/mol. The number of hydrogen-bond donors (Lipinski definition) is 0. The summed E-state index contributed by atoms with van der Waals surface area (Å²) in [6, 6.07) is 14.1. The first-order valence-corrected chi connectivity index (χ1v) is 5.52. The lowest BCUT2D eigenvalue weighted by molar-refractivity contribution is 0.582. The van der Waals surface area contributed by atoms with Crippen molar-refractivity contribution >= 4 is 0 Å². The van der Waals surface area contributed by atoms with Crippen molar-refractivity contribution in [1.29, 1.82) is 0 Å². The van der Waals surface area contributed by atoms with Crippen molar-refractivity contribution in [3.05, 3.63) is 66.7 Å². The average molecular weight is 224 g/mol. The molecule has 0 aliphatic carbocycles. The standard InChI is InChI=1S/C14H12N2O/c1-2-5-12(6-3-1)10-16-11-13(9-15-16)14-7-4-8-17-14/h1-9,11H,10H2. The number of hydrogen-bond acceptors (Lipinski definition) is 2. The molecule has 0 saturated heterocycles. The second kappa shape index (κ2) is 4.29. The summed E-state index contributed by atoms with van der Waals surface area (Å²) in [4.78, 5) is 0. The second-order valence-corrected chi connectivity index (χ2v) is 3.89. The summed E-state index contributed by atoms with van der Waals surface area (Å²) >= 11 is 0. The number of furan rings is 1. The van der Waals surface area contributed by atoms with E-state index in [2.05, 4.69) is 17.2 Å². The van der Waals surface area contributed by atoms with E-state index < -0.39 is 0 Å². The van der Waals surface area contributed by atoms with Crippen LogP contribution in [0.15, 0.2) is 65.5 Å². The van der Waals surface area contributed by atoms with Crippen molar-refractivity contribution in [3.8, 4) is 11.3 Å². The van der Waals surface area contributed by atoms with E-state index in [1.165, 1.54) is 5.56 Å². The van der Waals surface area contributed by atoms with Crippen LogP contribution in [-0.4, -0.2) is 9.78 Å². The smallest absolute Gasteiger partial charge is 0.137 e. The van der Waals surface area contributed by atoms with Gasteiger partial charge in [-0.2, -0.15) is 5.10 Å². The van der Waals surface area contributed by atoms with Crippen molar-refractivity contribution in [2.24, 2.45) is 0 Å². The number of benzene rings is 1. The first-order valence-electron chi connectivity index (χ1n) is 5.52. The van der Waals surface area contributed by atoms with Gasteiger partial charge < -0.3 is 4.42 Å². The van der Waals surface area contributed by atoms with Crippen molar-refractivity contribution in [3.63, 3.8) is 0 Å². The predicted molar refractivity (Wildman–Crippen MR) is 65.5 cm³/mol. The third kappa shape index (κ3) is 2.13. The molecule has 0 atom stereocenters. The fourth-order valence-corrected chi connectivity index (χ4v) is 1.79. The van der Waals surface area contributed by atoms with Crippen molar-refractivity contribution in [2.75, 3.05) is 0 Å². The highest BCUT2D eigenvalue weighted by atomic mass is 16.3. The van der Waals surface area contributed by atoms with Crippen LogP contribution in [0.1, 0.15) is 5.56 Å². The Bertz CT molecular complexity index is 582. The van der Waals surface area contributed by atoms with Gasteiger partial charge in [0.25, 0.3) is 0 Å². The van der Waals surface area contributed by atoms with Crippen LogP contribution in [0.5, 0.6) is 0 Å². The Morgan fingerprint density at radius 3 is 2.71 bits per heavy atom. The van der Waals surface area contributed by atoms with E-state index in [9.17, 15) is 0 Å². The van der Waals surface area contributed by atoms with Crippen LogP contribution >= 0.6 is 0 Å². The van der Waals surface area contributed by atoms with Gasteiger partial charge in [-0.25, -0.2) is 0 Å². The van der Waals surface area contributed by atoms with Crippen molar-refractivity contribution in [1.82, 2.24) is 9.78 Å². The van der Waals surface area contributed by atoms with Gasteiger partial charge in [0.1, 0.15) is 5.76 Å². The molecule has 3 rings (SSSR count). The predicted octanol–water partition coefficient (Wildman–Crippen LogP) is 3.19. The zero-order valence-electron chi connectivity index (χ0n) is 9.28. The Morgan fingerprint density at radius 1 is 1.06 bits per heavy atom. The van der Waals surface area contributed by atoms with E-state index in [0.29, 0.717) is 0 Å². The Hall–Kier alpha value is -2.29. The molecule has 2 heterocycles. The number of nitrogens with zero attached hydrogens (tertiary/aromatic N) is 2. The molecule has 0 radical (unpaired) electrons. The molecule has 84 valence electrons. The van der Waals surface area contributed by atoms with Crippen LogP contribution in [0.3, 0.4) is 0 Å². The van der Waals surface area contributed by atoms with Crippen molar-refractivity contribution in [2.45, 2.75) is 6.54 Å². The molecule has 0 fully saturated rings. The summed E-state index contributed by atoms with van der Waals surface area (Å²) in [7, 11) is 0. The zero-order chi connectivity index (χ0) is 11.5. The van der Waals surface area contributed by atoms with E-state index in [0.717, 1.165) is 17.9 Å². The Kier molecular flexibility index (Phi) is 2.50. The second-order valence-electron chi connectivity index (χ2n) is 3.89. The number of rotatable bonds is 3. The lowest BCUT2D eigenvalue weighted by atomic mass is 10.2. The van der Waals surface area contributed by atoms with Crippen molar-refractivity contribution < 1.29 is 4.42 Å². The largest absolute Gasteiger partial charge is 0.464 e. The van der Waals surface area contributed by atoms with Gasteiger partial charge in [-0.15, -0.1) is 0 Å². The molecule has 3 aromatic rings. The summed E-state index contributed by atoms with van der Waals surface area (Å²) in [6.45, 7) is 0.779. The van der Waals surface area contributed by atoms with Gasteiger partial charge in [0.15, 0.2) is 0 Å². The van der Waals surface area contributed by atoms with E-state index in [-0.39, 0.29) is 0 Å². The van der Waals surface area contributed by atoms with Crippen LogP contribution in [-0.2, 0) is 6.54 Å². The molecular formula is C14H12N2O. The highest BCUT2D eigenvalue weighted by molar-refractivity contribution is 5.54. The molecule has 2 aromatic heterocycles. The molecule has 0 N–H and O–H groups in total. The molecule has 3 heteroatoms. The topological polar surface area (TPSA) is 31.0 Å². The zero-order valence-corrected chi connectivity index (χ0v) is 9.28. The van der Waals surface area contributed by atoms with Gasteiger partial charge in [0.05, 0.1) is 24.6 Å². The van der Waals surface area contributed by atoms with Gasteiger partial charge in [0, 0.05) is 6.20 Å². The molecule has 0 amide bonds. The van der Waals surface area contributed by atoms with Crippen LogP contribution in [0.25, 0.3) is 11.3 Å². The Balaban J connectivity index is 1.82. The lowest BCUT2D eigenvalue weighted by Crippen LogP contribution is -1.98. The lowest BCUT2D eigenvalue weighted by Gasteiger charge is -2.00. The molecule has 0 bridgehead atoms. The van der Waals surface area contributed by atoms with Crippen LogP contribution in [0, 0.1) is 0 Å².